The molecule has 1 N–H and O–H groups in total. The number of hydrogen-bond acceptors (Lipinski definition) is 8. The van der Waals surface area contributed by atoms with Crippen molar-refractivity contribution in [1.82, 2.24) is 9.88 Å². The van der Waals surface area contributed by atoms with Crippen molar-refractivity contribution in [3.8, 4) is 5.75 Å². The van der Waals surface area contributed by atoms with Crippen LogP contribution in [0.2, 0.25) is 0 Å². The van der Waals surface area contributed by atoms with Gasteiger partial charge in [0.15, 0.2) is 5.13 Å². The maximum absolute atomic E-state index is 12.7. The van der Waals surface area contributed by atoms with Gasteiger partial charge in [0.25, 0.3) is 0 Å². The Bertz CT molecular complexity index is 1010. The molecule has 6 nitrogen and oxygen atoms in total. The number of aromatic nitrogens is 1. The van der Waals surface area contributed by atoms with Gasteiger partial charge in [0, 0.05) is 18.0 Å². The number of rotatable bonds is 6. The molecule has 8 heteroatoms. The van der Waals surface area contributed by atoms with Crippen LogP contribution in [0.3, 0.4) is 0 Å². The van der Waals surface area contributed by atoms with Gasteiger partial charge in [0.2, 0.25) is 0 Å². The van der Waals surface area contributed by atoms with Crippen LogP contribution in [-0.4, -0.2) is 42.7 Å². The molecule has 0 radical (unpaired) electrons. The van der Waals surface area contributed by atoms with E-state index in [2.05, 4.69) is 22.1 Å². The topological polar surface area (TPSA) is 63.7 Å². The number of ether oxygens (including phenoxy) is 2. The van der Waals surface area contributed by atoms with E-state index < -0.39 is 0 Å². The number of nitrogens with one attached hydrogen (secondary N) is 1. The molecule has 4 rings (SSSR count). The van der Waals surface area contributed by atoms with Crippen molar-refractivity contribution in [2.75, 3.05) is 32.1 Å². The molecule has 2 aromatic heterocycles. The van der Waals surface area contributed by atoms with Crippen molar-refractivity contribution in [2.24, 2.45) is 0 Å². The highest BCUT2D eigenvalue weighted by Crippen LogP contribution is 2.41. The summed E-state index contributed by atoms with van der Waals surface area (Å²) in [5.74, 6) is 0.489. The van der Waals surface area contributed by atoms with Crippen LogP contribution in [0.1, 0.15) is 34.6 Å². The summed E-state index contributed by atoms with van der Waals surface area (Å²) in [4.78, 5) is 21.0. The van der Waals surface area contributed by atoms with Gasteiger partial charge in [-0.05, 0) is 37.6 Å². The Morgan fingerprint density at radius 1 is 1.32 bits per heavy atom. The minimum Gasteiger partial charge on any atom is -0.494 e. The highest BCUT2D eigenvalue weighted by molar-refractivity contribution is 7.23. The molecular weight excluding hydrogens is 394 g/mol. The lowest BCUT2D eigenvalue weighted by Crippen LogP contribution is -2.30. The van der Waals surface area contributed by atoms with Crippen LogP contribution >= 0.6 is 22.7 Å². The number of fused-ring (bicyclic) bond motifs is 2. The fourth-order valence-electron chi connectivity index (χ4n) is 3.47. The predicted molar refractivity (Wildman–Crippen MR) is 114 cm³/mol. The van der Waals surface area contributed by atoms with Crippen LogP contribution in [0.25, 0.3) is 10.2 Å². The predicted octanol–water partition coefficient (Wildman–Crippen LogP) is 4.66. The fraction of sp³-hybridized carbons (Fsp3) is 0.400. The van der Waals surface area contributed by atoms with E-state index in [1.807, 2.05) is 25.1 Å². The quantitative estimate of drug-likeness (QED) is 0.588. The average molecular weight is 418 g/mol. The molecule has 0 saturated carbocycles. The Morgan fingerprint density at radius 2 is 2.18 bits per heavy atom. The molecule has 0 aliphatic carbocycles. The molecule has 0 amide bonds. The Kier molecular flexibility index (Phi) is 5.52. The van der Waals surface area contributed by atoms with Gasteiger partial charge in [-0.1, -0.05) is 24.3 Å². The highest BCUT2D eigenvalue weighted by atomic mass is 32.1. The van der Waals surface area contributed by atoms with Crippen molar-refractivity contribution in [2.45, 2.75) is 26.8 Å². The molecule has 148 valence electrons. The summed E-state index contributed by atoms with van der Waals surface area (Å²) in [6.45, 7) is 7.21. The van der Waals surface area contributed by atoms with Crippen molar-refractivity contribution in [3.63, 3.8) is 0 Å². The Labute approximate surface area is 172 Å². The first-order valence-electron chi connectivity index (χ1n) is 9.39. The molecule has 1 aliphatic rings. The summed E-state index contributed by atoms with van der Waals surface area (Å²) in [6, 6.07) is 5.88. The number of benzene rings is 1. The molecule has 0 unspecified atom stereocenters. The van der Waals surface area contributed by atoms with Crippen LogP contribution in [0.15, 0.2) is 18.2 Å². The van der Waals surface area contributed by atoms with Gasteiger partial charge in [0.1, 0.15) is 16.3 Å². The molecule has 1 aliphatic heterocycles. The van der Waals surface area contributed by atoms with Crippen LogP contribution in [-0.2, 0) is 17.7 Å². The van der Waals surface area contributed by atoms with Gasteiger partial charge in [-0.15, -0.1) is 11.3 Å². The highest BCUT2D eigenvalue weighted by Gasteiger charge is 2.29. The van der Waals surface area contributed by atoms with Crippen molar-refractivity contribution in [3.05, 3.63) is 34.2 Å². The molecular formula is C20H23N3O3S2. The number of carbonyl (C=O) groups excluding carboxylic acids is 1. The number of thiazole rings is 1. The molecule has 0 bridgehead atoms. The molecule has 0 saturated heterocycles. The number of methoxy groups -OCH3 is 1. The number of carbonyl (C=O) groups is 1. The summed E-state index contributed by atoms with van der Waals surface area (Å²) in [6.07, 6.45) is 0.864. The third-order valence-corrected chi connectivity index (χ3v) is 6.95. The van der Waals surface area contributed by atoms with Crippen LogP contribution in [0.4, 0.5) is 10.1 Å². The van der Waals surface area contributed by atoms with E-state index in [0.29, 0.717) is 12.2 Å². The van der Waals surface area contributed by atoms with Crippen molar-refractivity contribution >= 4 is 49.0 Å². The zero-order valence-electron chi connectivity index (χ0n) is 16.2. The fourth-order valence-corrected chi connectivity index (χ4v) is 5.70. The second-order valence-corrected chi connectivity index (χ2v) is 8.63. The molecule has 3 aromatic rings. The SMILES string of the molecule is CCOC(=O)c1c(Nc2nc3c(OC)cccc3s2)sc2c1CCN(CC)C2. The minimum atomic E-state index is -0.258. The van der Waals surface area contributed by atoms with Crippen molar-refractivity contribution in [1.29, 1.82) is 0 Å². The van der Waals surface area contributed by atoms with Gasteiger partial charge in [-0.3, -0.25) is 4.90 Å². The molecule has 1 aromatic carbocycles. The maximum atomic E-state index is 12.7. The second kappa shape index (κ2) is 8.06. The number of thiophene rings is 1. The Hall–Kier alpha value is -2.16. The van der Waals surface area contributed by atoms with Crippen LogP contribution < -0.4 is 10.1 Å². The third-order valence-electron chi connectivity index (χ3n) is 4.89. The lowest BCUT2D eigenvalue weighted by molar-refractivity contribution is 0.0526. The Morgan fingerprint density at radius 3 is 2.93 bits per heavy atom. The first kappa shape index (κ1) is 19.2. The molecule has 0 spiro atoms. The average Bonchev–Trinajstić information content (AvgIpc) is 3.27. The second-order valence-electron chi connectivity index (χ2n) is 6.50. The van der Waals surface area contributed by atoms with E-state index in [4.69, 9.17) is 9.47 Å². The van der Waals surface area contributed by atoms with Gasteiger partial charge in [-0.2, -0.15) is 0 Å². The number of para-hydroxylation sites is 1. The standard InChI is InChI=1S/C20H23N3O3S2/c1-4-23-10-9-12-15(11-23)27-18(16(12)19(24)26-5-2)22-20-21-17-13(25-3)7-6-8-14(17)28-20/h6-8H,4-5,9-11H2,1-3H3,(H,21,22). The Balaban J connectivity index is 1.73. The van der Waals surface area contributed by atoms with Crippen LogP contribution in [0.5, 0.6) is 5.75 Å². The number of esters is 1. The zero-order valence-corrected chi connectivity index (χ0v) is 17.8. The first-order chi connectivity index (χ1) is 13.6. The van der Waals surface area contributed by atoms with Gasteiger partial charge in [0.05, 0.1) is 24.0 Å². The number of likely N-dealkylation sites (N-methyl/N-ethyl adjacent to an activating group) is 1. The number of anilines is 2. The molecule has 0 atom stereocenters. The van der Waals surface area contributed by atoms with E-state index in [9.17, 15) is 4.79 Å². The lowest BCUT2D eigenvalue weighted by Gasteiger charge is -2.25. The summed E-state index contributed by atoms with van der Waals surface area (Å²) in [5.41, 5.74) is 2.62. The van der Waals surface area contributed by atoms with Crippen LogP contribution in [0, 0.1) is 0 Å². The number of nitrogens with zero attached hydrogens (tertiary/aromatic N) is 2. The molecule has 3 heterocycles. The van der Waals surface area contributed by atoms with Crippen molar-refractivity contribution < 1.29 is 14.3 Å². The summed E-state index contributed by atoms with van der Waals surface area (Å²) < 4.78 is 11.8. The van der Waals surface area contributed by atoms with E-state index in [-0.39, 0.29) is 5.97 Å². The third kappa shape index (κ3) is 3.47. The summed E-state index contributed by atoms with van der Waals surface area (Å²) in [7, 11) is 1.65. The molecule has 28 heavy (non-hydrogen) atoms. The summed E-state index contributed by atoms with van der Waals surface area (Å²) >= 11 is 3.18. The first-order valence-corrected chi connectivity index (χ1v) is 11.0. The minimum absolute atomic E-state index is 0.258. The normalized spacial score (nSPS) is 14.1. The zero-order chi connectivity index (χ0) is 19.7. The lowest BCUT2D eigenvalue weighted by atomic mass is 10.0. The van der Waals surface area contributed by atoms with E-state index in [1.54, 1.807) is 29.8 Å². The maximum Gasteiger partial charge on any atom is 0.341 e. The van der Waals surface area contributed by atoms with E-state index in [1.165, 1.54) is 4.88 Å². The van der Waals surface area contributed by atoms with Gasteiger partial charge >= 0.3 is 5.97 Å². The largest absolute Gasteiger partial charge is 0.494 e. The smallest absolute Gasteiger partial charge is 0.341 e. The monoisotopic (exact) mass is 417 g/mol. The van der Waals surface area contributed by atoms with E-state index in [0.717, 1.165) is 57.7 Å². The van der Waals surface area contributed by atoms with Gasteiger partial charge < -0.3 is 14.8 Å². The number of hydrogen-bond donors (Lipinski definition) is 1. The van der Waals surface area contributed by atoms with Gasteiger partial charge in [-0.25, -0.2) is 9.78 Å². The summed E-state index contributed by atoms with van der Waals surface area (Å²) in [5, 5.41) is 4.96. The van der Waals surface area contributed by atoms with E-state index >= 15 is 0 Å². The molecule has 0 fully saturated rings.